The van der Waals surface area contributed by atoms with Crippen molar-refractivity contribution in [3.63, 3.8) is 0 Å². The van der Waals surface area contributed by atoms with E-state index in [2.05, 4.69) is 20.4 Å². The van der Waals surface area contributed by atoms with E-state index in [4.69, 9.17) is 37.2 Å². The molecule has 1 rings (SSSR count). The fourth-order valence-corrected chi connectivity index (χ4v) is 1.06. The average molecular weight is 340 g/mol. The van der Waals surface area contributed by atoms with Gasteiger partial charge in [-0.2, -0.15) is 0 Å². The molecule has 1 saturated carbocycles. The van der Waals surface area contributed by atoms with E-state index < -0.39 is 7.18 Å². The van der Waals surface area contributed by atoms with Gasteiger partial charge in [0.1, 0.15) is 0 Å². The minimum absolute atomic E-state index is 1.50. The summed E-state index contributed by atoms with van der Waals surface area (Å²) in [6.07, 6.45) is 9.00. The first-order valence-electron chi connectivity index (χ1n) is 4.20. The van der Waals surface area contributed by atoms with Crippen LogP contribution in [0.1, 0.15) is 38.5 Å². The van der Waals surface area contributed by atoms with E-state index in [0.717, 1.165) is 0 Å². The van der Waals surface area contributed by atoms with Crippen molar-refractivity contribution in [2.75, 3.05) is 0 Å². The van der Waals surface area contributed by atoms with Crippen LogP contribution in [0.4, 0.5) is 0 Å². The molecule has 0 aromatic heterocycles. The summed E-state index contributed by atoms with van der Waals surface area (Å²) in [6, 6.07) is 0. The van der Waals surface area contributed by atoms with Crippen LogP contribution in [0.15, 0.2) is 0 Å². The van der Waals surface area contributed by atoms with Crippen LogP contribution in [0, 0.1) is 0 Å². The van der Waals surface area contributed by atoms with E-state index in [0.29, 0.717) is 0 Å². The molecule has 0 aromatic rings. The van der Waals surface area contributed by atoms with Gasteiger partial charge in [-0.3, -0.25) is 0 Å². The summed E-state index contributed by atoms with van der Waals surface area (Å²) in [6.45, 7) is 0. The molecule has 0 aromatic carbocycles. The molecule has 0 unspecified atom stereocenters. The third kappa shape index (κ3) is 31.3. The predicted molar refractivity (Wildman–Crippen MR) is 69.1 cm³/mol. The molecule has 13 heavy (non-hydrogen) atoms. The molecule has 1 fully saturated rings. The molecule has 1 aliphatic carbocycles. The number of halogens is 4. The van der Waals surface area contributed by atoms with Crippen molar-refractivity contribution < 1.29 is 7.18 Å². The molecule has 0 radical (unpaired) electrons. The van der Waals surface area contributed by atoms with Gasteiger partial charge in [0.25, 0.3) is 0 Å². The van der Waals surface area contributed by atoms with Gasteiger partial charge in [-0.05, 0) is 0 Å². The van der Waals surface area contributed by atoms with Crippen LogP contribution >= 0.6 is 57.6 Å². The molecule has 0 amide bonds. The quantitative estimate of drug-likeness (QED) is 0.401. The van der Waals surface area contributed by atoms with E-state index >= 15 is 0 Å². The molecule has 0 bridgehead atoms. The van der Waals surface area contributed by atoms with Crippen molar-refractivity contribution in [1.82, 2.24) is 0 Å². The Morgan fingerprint density at radius 2 is 0.692 bits per heavy atom. The van der Waals surface area contributed by atoms with E-state index in [9.17, 15) is 0 Å². The fraction of sp³-hybridized carbons (Fsp3) is 1.00. The summed E-state index contributed by atoms with van der Waals surface area (Å²) in [5.74, 6) is 0. The van der Waals surface area contributed by atoms with E-state index in [1.54, 1.807) is 0 Å². The molecule has 0 spiro atoms. The Morgan fingerprint density at radius 3 is 0.769 bits per heavy atom. The van der Waals surface area contributed by atoms with Gasteiger partial charge in [-0.15, -0.1) is 0 Å². The molecule has 0 saturated heterocycles. The van der Waals surface area contributed by atoms with Gasteiger partial charge >= 0.3 is 64.8 Å². The van der Waals surface area contributed by atoms with Crippen molar-refractivity contribution in [2.24, 2.45) is 0 Å². The Morgan fingerprint density at radius 1 is 0.615 bits per heavy atom. The zero-order valence-corrected chi connectivity index (χ0v) is 13.5. The van der Waals surface area contributed by atoms with Crippen LogP contribution in [-0.4, -0.2) is 0 Å². The summed E-state index contributed by atoms with van der Waals surface area (Å²) in [5.41, 5.74) is 0. The molecule has 82 valence electrons. The first kappa shape index (κ1) is 15.6. The molecular weight excluding hydrogens is 326 g/mol. The van der Waals surface area contributed by atoms with Crippen LogP contribution in [0.5, 0.6) is 0 Å². The molecule has 1 aliphatic rings. The summed E-state index contributed by atoms with van der Waals surface area (Å²) in [7, 11) is 23.2. The summed E-state index contributed by atoms with van der Waals surface area (Å²) in [4.78, 5) is 0. The third-order valence-electron chi connectivity index (χ3n) is 1.50. The van der Waals surface area contributed by atoms with E-state index in [-0.39, 0.29) is 0 Å². The number of hydrogen-bond donors (Lipinski definition) is 2. The summed E-state index contributed by atoms with van der Waals surface area (Å²) < 4.78 is 0. The number of hydrogen-bond acceptors (Lipinski definition) is 2. The van der Waals surface area contributed by atoms with Crippen LogP contribution < -0.4 is 0 Å². The van der Waals surface area contributed by atoms with Crippen molar-refractivity contribution in [2.45, 2.75) is 38.5 Å². The number of rotatable bonds is 0. The maximum absolute atomic E-state index is 5.25. The Balaban J connectivity index is 0.000000223. The first-order valence-corrected chi connectivity index (χ1v) is 17.9. The SMILES string of the molecule is C1CCCCC1.[SH][Ti]([SH])([Cl])([Cl])([Cl])[Cl]. The second-order valence-electron chi connectivity index (χ2n) is 3.33. The van der Waals surface area contributed by atoms with Gasteiger partial charge in [0.2, 0.25) is 0 Å². The van der Waals surface area contributed by atoms with Crippen molar-refractivity contribution in [1.29, 1.82) is 0 Å². The Bertz CT molecular complexity index is 133. The first-order chi connectivity index (χ1) is 5.45. The zero-order chi connectivity index (χ0) is 10.7. The molecule has 0 heterocycles. The zero-order valence-electron chi connectivity index (χ0n) is 7.15. The predicted octanol–water partition coefficient (Wildman–Crippen LogP) is 5.86. The molecule has 0 nitrogen and oxygen atoms in total. The minimum atomic E-state index is -4.89. The van der Waals surface area contributed by atoms with Gasteiger partial charge in [-0.1, -0.05) is 38.5 Å². The number of thiol groups is 2. The Hall–Kier alpha value is 2.57. The van der Waals surface area contributed by atoms with Crippen LogP contribution in [0.2, 0.25) is 0 Å². The Kier molecular flexibility index (Phi) is 5.79. The average Bonchev–Trinajstić information content (AvgIpc) is 1.84. The molecule has 7 heteroatoms. The van der Waals surface area contributed by atoms with Crippen molar-refractivity contribution in [3.05, 3.63) is 0 Å². The van der Waals surface area contributed by atoms with Crippen LogP contribution in [-0.2, 0) is 7.18 Å². The van der Waals surface area contributed by atoms with Gasteiger partial charge < -0.3 is 0 Å². The summed E-state index contributed by atoms with van der Waals surface area (Å²) >= 11 is 0. The second-order valence-corrected chi connectivity index (χ2v) is 46.8. The fourth-order valence-electron chi connectivity index (χ4n) is 1.06. The Labute approximate surface area is 102 Å². The normalized spacial score (nSPS) is 23.5. The van der Waals surface area contributed by atoms with Gasteiger partial charge in [0.15, 0.2) is 0 Å². The maximum atomic E-state index is 5.25. The monoisotopic (exact) mass is 338 g/mol. The molecule has 0 N–H and O–H groups in total. The van der Waals surface area contributed by atoms with Gasteiger partial charge in [-0.25, -0.2) is 0 Å². The van der Waals surface area contributed by atoms with Crippen LogP contribution in [0.3, 0.4) is 0 Å². The standard InChI is InChI=1S/C6H12.4ClH.2H2S.Ti/c1-2-4-6-5-3-1;;;;;;;/h1-6H2;4*1H;2*1H2;/q;;;;;;;+6/p-6. The summed E-state index contributed by atoms with van der Waals surface area (Å²) in [5, 5.41) is 0. The topological polar surface area (TPSA) is 0 Å². The van der Waals surface area contributed by atoms with E-state index in [1.165, 1.54) is 38.5 Å². The molecular formula is C6H14Cl4S2Ti. The van der Waals surface area contributed by atoms with Crippen molar-refractivity contribution in [3.8, 4) is 0 Å². The molecule has 0 aliphatic heterocycles. The molecule has 0 atom stereocenters. The van der Waals surface area contributed by atoms with Crippen LogP contribution in [0.25, 0.3) is 0 Å². The van der Waals surface area contributed by atoms with E-state index in [1.807, 2.05) is 0 Å². The second kappa shape index (κ2) is 4.83. The van der Waals surface area contributed by atoms with Gasteiger partial charge in [0.05, 0.1) is 0 Å². The third-order valence-corrected chi connectivity index (χ3v) is 1.50. The van der Waals surface area contributed by atoms with Crippen molar-refractivity contribution >= 4 is 57.6 Å². The van der Waals surface area contributed by atoms with Gasteiger partial charge in [0, 0.05) is 0 Å².